The number of aromatic nitrogens is 4. The highest BCUT2D eigenvalue weighted by atomic mass is 19.4. The number of nitrogens with zero attached hydrogens (tertiary/aromatic N) is 4. The lowest BCUT2D eigenvalue weighted by atomic mass is 10.2. The molecule has 0 spiro atoms. The number of nitrogens with one attached hydrogen (secondary N) is 1. The number of methoxy groups -OCH3 is 1. The number of ether oxygens (including phenoxy) is 1. The molecule has 1 N–H and O–H groups in total. The molecule has 0 saturated heterocycles. The van der Waals surface area contributed by atoms with E-state index in [0.29, 0.717) is 6.07 Å². The normalized spacial score (nSPS) is 11.7. The first kappa shape index (κ1) is 14.9. The van der Waals surface area contributed by atoms with E-state index in [1.54, 1.807) is 0 Å². The van der Waals surface area contributed by atoms with Gasteiger partial charge in [-0.2, -0.15) is 23.1 Å². The van der Waals surface area contributed by atoms with E-state index in [2.05, 4.69) is 30.2 Å². The van der Waals surface area contributed by atoms with Gasteiger partial charge >= 0.3 is 6.18 Å². The Morgan fingerprint density at radius 2 is 1.83 bits per heavy atom. The van der Waals surface area contributed by atoms with Crippen molar-refractivity contribution in [2.75, 3.05) is 12.4 Å². The van der Waals surface area contributed by atoms with Crippen molar-refractivity contribution < 1.29 is 26.9 Å². The molecule has 0 saturated carbocycles. The predicted molar refractivity (Wildman–Crippen MR) is 68.6 cm³/mol. The van der Waals surface area contributed by atoms with Crippen molar-refractivity contribution in [3.63, 3.8) is 0 Å². The molecule has 0 amide bonds. The Bertz CT molecular complexity index is 864. The molecule has 0 unspecified atom stereocenters. The van der Waals surface area contributed by atoms with Gasteiger partial charge in [-0.05, 0) is 28.5 Å². The minimum absolute atomic E-state index is 0.0284. The summed E-state index contributed by atoms with van der Waals surface area (Å²) in [4.78, 5) is 7.88. The standard InChI is InChI=1S/C12H7F4N5O2/c1-22-11-10(18-8-9(19-11)21-23-20-8)17-7-3-2-5(4-6(7)13)12(14,15)16/h2-4H,1H3,(H,17,18,20). The summed E-state index contributed by atoms with van der Waals surface area (Å²) in [5, 5.41) is 9.43. The second kappa shape index (κ2) is 5.34. The average Bonchev–Trinajstić information content (AvgIpc) is 2.94. The van der Waals surface area contributed by atoms with Crippen LogP contribution in [0.5, 0.6) is 5.88 Å². The molecule has 0 aliphatic carbocycles. The first-order valence-electron chi connectivity index (χ1n) is 6.06. The van der Waals surface area contributed by atoms with Crippen molar-refractivity contribution in [2.45, 2.75) is 6.18 Å². The molecule has 0 fully saturated rings. The van der Waals surface area contributed by atoms with E-state index in [-0.39, 0.29) is 28.7 Å². The van der Waals surface area contributed by atoms with Gasteiger partial charge in [0.1, 0.15) is 5.82 Å². The summed E-state index contributed by atoms with van der Waals surface area (Å²) in [5.74, 6) is -1.20. The fraction of sp³-hybridized carbons (Fsp3) is 0.167. The van der Waals surface area contributed by atoms with Crippen LogP contribution < -0.4 is 10.1 Å². The fourth-order valence-corrected chi connectivity index (χ4v) is 1.77. The zero-order chi connectivity index (χ0) is 16.6. The molecule has 0 atom stereocenters. The first-order chi connectivity index (χ1) is 10.9. The summed E-state index contributed by atoms with van der Waals surface area (Å²) in [6, 6.07) is 2.05. The van der Waals surface area contributed by atoms with Gasteiger partial charge in [0.25, 0.3) is 5.88 Å². The Morgan fingerprint density at radius 1 is 1.13 bits per heavy atom. The Balaban J connectivity index is 1.98. The van der Waals surface area contributed by atoms with Gasteiger partial charge in [-0.25, -0.2) is 9.02 Å². The maximum absolute atomic E-state index is 13.9. The van der Waals surface area contributed by atoms with Gasteiger partial charge in [0.15, 0.2) is 5.82 Å². The van der Waals surface area contributed by atoms with E-state index in [1.165, 1.54) is 7.11 Å². The molecule has 2 heterocycles. The van der Waals surface area contributed by atoms with Crippen LogP contribution in [0.2, 0.25) is 0 Å². The molecule has 120 valence electrons. The lowest BCUT2D eigenvalue weighted by Gasteiger charge is -2.11. The van der Waals surface area contributed by atoms with Crippen LogP contribution in [-0.2, 0) is 6.18 Å². The molecule has 11 heteroatoms. The van der Waals surface area contributed by atoms with Crippen LogP contribution in [-0.4, -0.2) is 27.4 Å². The molecular formula is C12H7F4N5O2. The number of hydrogen-bond acceptors (Lipinski definition) is 7. The first-order valence-corrected chi connectivity index (χ1v) is 6.06. The topological polar surface area (TPSA) is 86.0 Å². The number of benzene rings is 1. The second-order valence-electron chi connectivity index (χ2n) is 4.31. The maximum Gasteiger partial charge on any atom is 0.416 e. The Labute approximate surface area is 125 Å². The van der Waals surface area contributed by atoms with E-state index < -0.39 is 17.6 Å². The van der Waals surface area contributed by atoms with Crippen LogP contribution in [0.1, 0.15) is 5.56 Å². The lowest BCUT2D eigenvalue weighted by Crippen LogP contribution is -2.07. The van der Waals surface area contributed by atoms with Gasteiger partial charge in [-0.1, -0.05) is 0 Å². The third kappa shape index (κ3) is 2.84. The zero-order valence-electron chi connectivity index (χ0n) is 11.3. The molecular weight excluding hydrogens is 322 g/mol. The fourth-order valence-electron chi connectivity index (χ4n) is 1.77. The summed E-state index contributed by atoms with van der Waals surface area (Å²) in [6.07, 6.45) is -4.64. The van der Waals surface area contributed by atoms with Crippen LogP contribution in [0, 0.1) is 5.82 Å². The van der Waals surface area contributed by atoms with Gasteiger partial charge < -0.3 is 10.1 Å². The lowest BCUT2D eigenvalue weighted by molar-refractivity contribution is -0.137. The maximum atomic E-state index is 13.9. The molecule has 3 rings (SSSR count). The van der Waals surface area contributed by atoms with E-state index in [9.17, 15) is 17.6 Å². The monoisotopic (exact) mass is 329 g/mol. The van der Waals surface area contributed by atoms with Crippen molar-refractivity contribution in [2.24, 2.45) is 0 Å². The Kier molecular flexibility index (Phi) is 3.47. The molecule has 0 aliphatic heterocycles. The highest BCUT2D eigenvalue weighted by Gasteiger charge is 2.31. The third-order valence-electron chi connectivity index (χ3n) is 2.83. The molecule has 7 nitrogen and oxygen atoms in total. The van der Waals surface area contributed by atoms with E-state index >= 15 is 0 Å². The summed E-state index contributed by atoms with van der Waals surface area (Å²) in [6.45, 7) is 0. The van der Waals surface area contributed by atoms with Crippen LogP contribution in [0.25, 0.3) is 11.3 Å². The number of alkyl halides is 3. The van der Waals surface area contributed by atoms with E-state index in [4.69, 9.17) is 4.74 Å². The molecule has 0 radical (unpaired) electrons. The SMILES string of the molecule is COc1nc2nonc2nc1Nc1ccc(C(F)(F)F)cc1F. The van der Waals surface area contributed by atoms with E-state index in [0.717, 1.165) is 12.1 Å². The van der Waals surface area contributed by atoms with Gasteiger partial charge in [-0.15, -0.1) is 0 Å². The highest BCUT2D eigenvalue weighted by Crippen LogP contribution is 2.33. The van der Waals surface area contributed by atoms with Crippen LogP contribution in [0.3, 0.4) is 0 Å². The van der Waals surface area contributed by atoms with Crippen LogP contribution in [0.15, 0.2) is 22.8 Å². The molecule has 2 aromatic heterocycles. The van der Waals surface area contributed by atoms with E-state index in [1.807, 2.05) is 0 Å². The van der Waals surface area contributed by atoms with Gasteiger partial charge in [0.2, 0.25) is 11.3 Å². The molecule has 23 heavy (non-hydrogen) atoms. The van der Waals surface area contributed by atoms with Crippen molar-refractivity contribution in [3.05, 3.63) is 29.6 Å². The van der Waals surface area contributed by atoms with Crippen molar-refractivity contribution in [1.82, 2.24) is 20.3 Å². The van der Waals surface area contributed by atoms with Gasteiger partial charge in [0, 0.05) is 0 Å². The number of fused-ring (bicyclic) bond motifs is 1. The number of anilines is 2. The smallest absolute Gasteiger partial charge is 0.416 e. The molecule has 0 bridgehead atoms. The Hall–Kier alpha value is -2.98. The Morgan fingerprint density at radius 3 is 2.43 bits per heavy atom. The van der Waals surface area contributed by atoms with Crippen LogP contribution in [0.4, 0.5) is 29.1 Å². The minimum atomic E-state index is -4.64. The number of rotatable bonds is 3. The quantitative estimate of drug-likeness (QED) is 0.739. The molecule has 1 aromatic carbocycles. The van der Waals surface area contributed by atoms with Gasteiger partial charge in [-0.3, -0.25) is 0 Å². The summed E-state index contributed by atoms with van der Waals surface area (Å²) in [5.41, 5.74) is -1.24. The minimum Gasteiger partial charge on any atom is -0.478 e. The van der Waals surface area contributed by atoms with Gasteiger partial charge in [0.05, 0.1) is 18.4 Å². The molecule has 0 aliphatic rings. The summed E-state index contributed by atoms with van der Waals surface area (Å²) < 4.78 is 60.8. The third-order valence-corrected chi connectivity index (χ3v) is 2.83. The average molecular weight is 329 g/mol. The number of halogens is 4. The van der Waals surface area contributed by atoms with Crippen molar-refractivity contribution >= 4 is 22.8 Å². The summed E-state index contributed by atoms with van der Waals surface area (Å²) in [7, 11) is 1.29. The van der Waals surface area contributed by atoms with Crippen molar-refractivity contribution in [1.29, 1.82) is 0 Å². The predicted octanol–water partition coefficient (Wildman–Crippen LogP) is 2.92. The van der Waals surface area contributed by atoms with Crippen molar-refractivity contribution in [3.8, 4) is 5.88 Å². The van der Waals surface area contributed by atoms with Crippen LogP contribution >= 0.6 is 0 Å². The second-order valence-corrected chi connectivity index (χ2v) is 4.31. The largest absolute Gasteiger partial charge is 0.478 e. The zero-order valence-corrected chi connectivity index (χ0v) is 11.3. The highest BCUT2D eigenvalue weighted by molar-refractivity contribution is 5.71. The molecule has 3 aromatic rings. The number of hydrogen-bond donors (Lipinski definition) is 1. The summed E-state index contributed by atoms with van der Waals surface area (Å²) >= 11 is 0.